The molecule has 0 aliphatic carbocycles. The first-order valence-electron chi connectivity index (χ1n) is 9.32. The SMILES string of the molecule is COc1ccc(-c2nc(NC(=O)c3cc(C)nc4ccc(C)cc34)n[nH]2)c(OC)c1. The third-order valence-corrected chi connectivity index (χ3v) is 4.71. The van der Waals surface area contributed by atoms with Crippen molar-refractivity contribution in [1.29, 1.82) is 0 Å². The quantitative estimate of drug-likeness (QED) is 0.524. The molecule has 152 valence electrons. The van der Waals surface area contributed by atoms with E-state index in [2.05, 4.69) is 25.5 Å². The van der Waals surface area contributed by atoms with Crippen LogP contribution >= 0.6 is 0 Å². The van der Waals surface area contributed by atoms with E-state index in [0.29, 0.717) is 28.5 Å². The number of pyridine rings is 1. The maximum absolute atomic E-state index is 13.0. The number of benzene rings is 2. The number of aromatic nitrogens is 4. The fourth-order valence-corrected chi connectivity index (χ4v) is 3.26. The molecule has 0 radical (unpaired) electrons. The van der Waals surface area contributed by atoms with Gasteiger partial charge in [0, 0.05) is 17.1 Å². The van der Waals surface area contributed by atoms with Crippen molar-refractivity contribution in [2.24, 2.45) is 0 Å². The summed E-state index contributed by atoms with van der Waals surface area (Å²) >= 11 is 0. The molecule has 1 amide bonds. The van der Waals surface area contributed by atoms with Crippen LogP contribution in [0.5, 0.6) is 11.5 Å². The molecule has 0 saturated carbocycles. The molecule has 8 heteroatoms. The Kier molecular flexibility index (Phi) is 5.05. The van der Waals surface area contributed by atoms with Crippen LogP contribution in [0.3, 0.4) is 0 Å². The number of amides is 1. The molecule has 2 N–H and O–H groups in total. The van der Waals surface area contributed by atoms with Gasteiger partial charge in [0.2, 0.25) is 5.95 Å². The molecule has 2 aromatic heterocycles. The number of carbonyl (C=O) groups excluding carboxylic acids is 1. The minimum atomic E-state index is -0.302. The first kappa shape index (κ1) is 19.4. The van der Waals surface area contributed by atoms with Crippen LogP contribution in [0, 0.1) is 13.8 Å². The summed E-state index contributed by atoms with van der Waals surface area (Å²) < 4.78 is 10.6. The smallest absolute Gasteiger partial charge is 0.258 e. The number of hydrogen-bond donors (Lipinski definition) is 2. The highest BCUT2D eigenvalue weighted by Gasteiger charge is 2.17. The van der Waals surface area contributed by atoms with Gasteiger partial charge in [-0.25, -0.2) is 0 Å². The molecule has 4 aromatic rings. The lowest BCUT2D eigenvalue weighted by atomic mass is 10.0. The molecule has 0 unspecified atom stereocenters. The van der Waals surface area contributed by atoms with Gasteiger partial charge < -0.3 is 9.47 Å². The summed E-state index contributed by atoms with van der Waals surface area (Å²) in [7, 11) is 3.15. The number of carbonyl (C=O) groups is 1. The van der Waals surface area contributed by atoms with E-state index in [1.807, 2.05) is 38.1 Å². The number of ether oxygens (including phenoxy) is 2. The van der Waals surface area contributed by atoms with E-state index in [-0.39, 0.29) is 11.9 Å². The predicted molar refractivity (Wildman–Crippen MR) is 114 cm³/mol. The Morgan fingerprint density at radius 1 is 1.00 bits per heavy atom. The lowest BCUT2D eigenvalue weighted by Gasteiger charge is -2.08. The van der Waals surface area contributed by atoms with Crippen molar-refractivity contribution in [3.05, 3.63) is 59.3 Å². The Hall–Kier alpha value is -3.94. The predicted octanol–water partition coefficient (Wildman–Crippen LogP) is 3.91. The average molecular weight is 403 g/mol. The number of fused-ring (bicyclic) bond motifs is 1. The number of methoxy groups -OCH3 is 2. The fourth-order valence-electron chi connectivity index (χ4n) is 3.26. The first-order valence-corrected chi connectivity index (χ1v) is 9.32. The highest BCUT2D eigenvalue weighted by molar-refractivity contribution is 6.12. The summed E-state index contributed by atoms with van der Waals surface area (Å²) in [6.07, 6.45) is 0. The van der Waals surface area contributed by atoms with Crippen molar-refractivity contribution in [3.63, 3.8) is 0 Å². The van der Waals surface area contributed by atoms with Crippen molar-refractivity contribution >= 4 is 22.8 Å². The van der Waals surface area contributed by atoms with Gasteiger partial charge in [-0.1, -0.05) is 11.6 Å². The van der Waals surface area contributed by atoms with Gasteiger partial charge in [0.15, 0.2) is 5.82 Å². The molecule has 0 aliphatic heterocycles. The van der Waals surface area contributed by atoms with E-state index in [0.717, 1.165) is 22.2 Å². The highest BCUT2D eigenvalue weighted by atomic mass is 16.5. The molecule has 4 rings (SSSR count). The minimum absolute atomic E-state index is 0.170. The lowest BCUT2D eigenvalue weighted by Crippen LogP contribution is -2.14. The van der Waals surface area contributed by atoms with Gasteiger partial charge in [-0.15, -0.1) is 5.10 Å². The maximum atomic E-state index is 13.0. The van der Waals surface area contributed by atoms with Crippen molar-refractivity contribution in [2.75, 3.05) is 19.5 Å². The molecule has 0 aliphatic rings. The van der Waals surface area contributed by atoms with E-state index in [4.69, 9.17) is 9.47 Å². The number of nitrogens with one attached hydrogen (secondary N) is 2. The summed E-state index contributed by atoms with van der Waals surface area (Å²) in [6.45, 7) is 3.84. The van der Waals surface area contributed by atoms with Crippen molar-refractivity contribution < 1.29 is 14.3 Å². The van der Waals surface area contributed by atoms with Crippen LogP contribution in [-0.2, 0) is 0 Å². The Morgan fingerprint density at radius 2 is 1.83 bits per heavy atom. The summed E-state index contributed by atoms with van der Waals surface area (Å²) in [5.74, 6) is 1.58. The van der Waals surface area contributed by atoms with Crippen molar-refractivity contribution in [3.8, 4) is 22.9 Å². The van der Waals surface area contributed by atoms with Crippen LogP contribution in [0.4, 0.5) is 5.95 Å². The molecule has 0 atom stereocenters. The molecule has 2 aromatic carbocycles. The number of aryl methyl sites for hydroxylation is 2. The molecule has 8 nitrogen and oxygen atoms in total. The monoisotopic (exact) mass is 403 g/mol. The van der Waals surface area contributed by atoms with Gasteiger partial charge in [-0.3, -0.25) is 20.2 Å². The Balaban J connectivity index is 1.64. The average Bonchev–Trinajstić information content (AvgIpc) is 3.21. The molecule has 30 heavy (non-hydrogen) atoms. The minimum Gasteiger partial charge on any atom is -0.497 e. The number of rotatable bonds is 5. The standard InChI is InChI=1S/C22H21N5O3/c1-12-5-8-18-16(9-12)17(10-13(2)23-18)21(28)25-22-24-20(26-27-22)15-7-6-14(29-3)11-19(15)30-4/h5-11H,1-4H3,(H2,24,25,26,27,28). The first-order chi connectivity index (χ1) is 14.5. The lowest BCUT2D eigenvalue weighted by molar-refractivity contribution is 0.102. The molecule has 2 heterocycles. The third kappa shape index (κ3) is 3.67. The van der Waals surface area contributed by atoms with Gasteiger partial charge in [-0.05, 0) is 44.2 Å². The second kappa shape index (κ2) is 7.82. The van der Waals surface area contributed by atoms with Crippen LogP contribution in [0.15, 0.2) is 42.5 Å². The topological polar surface area (TPSA) is 102 Å². The number of nitrogens with zero attached hydrogens (tertiary/aromatic N) is 3. The maximum Gasteiger partial charge on any atom is 0.258 e. The fraction of sp³-hybridized carbons (Fsp3) is 0.182. The normalized spacial score (nSPS) is 10.8. The number of hydrogen-bond acceptors (Lipinski definition) is 6. The van der Waals surface area contributed by atoms with Gasteiger partial charge in [-0.2, -0.15) is 4.98 Å². The van der Waals surface area contributed by atoms with Crippen LogP contribution in [0.2, 0.25) is 0 Å². The molecular formula is C22H21N5O3. The van der Waals surface area contributed by atoms with E-state index in [9.17, 15) is 4.79 Å². The second-order valence-electron chi connectivity index (χ2n) is 6.86. The zero-order chi connectivity index (χ0) is 21.3. The summed E-state index contributed by atoms with van der Waals surface area (Å²) in [6, 6.07) is 13.0. The summed E-state index contributed by atoms with van der Waals surface area (Å²) in [5, 5.41) is 10.5. The highest BCUT2D eigenvalue weighted by Crippen LogP contribution is 2.31. The zero-order valence-electron chi connectivity index (χ0n) is 17.1. The van der Waals surface area contributed by atoms with E-state index >= 15 is 0 Å². The van der Waals surface area contributed by atoms with Gasteiger partial charge >= 0.3 is 0 Å². The van der Waals surface area contributed by atoms with Crippen molar-refractivity contribution in [1.82, 2.24) is 20.2 Å². The summed E-state index contributed by atoms with van der Waals surface area (Å²) in [5.41, 5.74) is 3.80. The van der Waals surface area contributed by atoms with E-state index in [1.54, 1.807) is 32.4 Å². The van der Waals surface area contributed by atoms with Gasteiger partial charge in [0.05, 0.1) is 30.9 Å². The summed E-state index contributed by atoms with van der Waals surface area (Å²) in [4.78, 5) is 21.9. The number of anilines is 1. The zero-order valence-corrected chi connectivity index (χ0v) is 17.1. The van der Waals surface area contributed by atoms with Gasteiger partial charge in [0.25, 0.3) is 5.91 Å². The van der Waals surface area contributed by atoms with E-state index < -0.39 is 0 Å². The second-order valence-corrected chi connectivity index (χ2v) is 6.86. The van der Waals surface area contributed by atoms with Gasteiger partial charge in [0.1, 0.15) is 11.5 Å². The van der Waals surface area contributed by atoms with Crippen LogP contribution in [-0.4, -0.2) is 40.3 Å². The van der Waals surface area contributed by atoms with E-state index in [1.165, 1.54) is 0 Å². The van der Waals surface area contributed by atoms with Crippen LogP contribution in [0.25, 0.3) is 22.3 Å². The van der Waals surface area contributed by atoms with Crippen LogP contribution < -0.4 is 14.8 Å². The van der Waals surface area contributed by atoms with Crippen LogP contribution in [0.1, 0.15) is 21.6 Å². The third-order valence-electron chi connectivity index (χ3n) is 4.71. The molecular weight excluding hydrogens is 382 g/mol. The molecule has 0 bridgehead atoms. The largest absolute Gasteiger partial charge is 0.497 e. The Labute approximate surface area is 173 Å². The Bertz CT molecular complexity index is 1250. The molecule has 0 fully saturated rings. The molecule has 0 saturated heterocycles. The van der Waals surface area contributed by atoms with Crippen molar-refractivity contribution in [2.45, 2.75) is 13.8 Å². The molecule has 0 spiro atoms. The Morgan fingerprint density at radius 3 is 2.60 bits per heavy atom. The number of H-pyrrole nitrogens is 1. The number of aromatic amines is 1.